The molecule has 23 heavy (non-hydrogen) atoms. The smallest absolute Gasteiger partial charge is 0.545 e. The predicted octanol–water partition coefficient (Wildman–Crippen LogP) is 2.77. The van der Waals surface area contributed by atoms with Gasteiger partial charge in [-0.1, -0.05) is 63.7 Å². The molecule has 0 aromatic heterocycles. The first kappa shape index (κ1) is 23.6. The fourth-order valence-electron chi connectivity index (χ4n) is 1.34. The molecule has 0 saturated heterocycles. The zero-order chi connectivity index (χ0) is 16.9. The van der Waals surface area contributed by atoms with Crippen molar-refractivity contribution in [3.8, 4) is 0 Å². The van der Waals surface area contributed by atoms with Crippen LogP contribution in [0.4, 0.5) is 0 Å². The van der Waals surface area contributed by atoms with E-state index in [-0.39, 0.29) is 48.9 Å². The van der Waals surface area contributed by atoms with Gasteiger partial charge >= 0.3 is 37.7 Å². The van der Waals surface area contributed by atoms with Gasteiger partial charge in [0.2, 0.25) is 0 Å². The van der Waals surface area contributed by atoms with Crippen molar-refractivity contribution in [3.63, 3.8) is 0 Å². The van der Waals surface area contributed by atoms with E-state index in [9.17, 15) is 19.8 Å². The van der Waals surface area contributed by atoms with Crippen LogP contribution >= 0.6 is 63.7 Å². The number of carbonyl (C=O) groups excluding carboxylic acids is 2. The Labute approximate surface area is 196 Å². The summed E-state index contributed by atoms with van der Waals surface area (Å²) in [6.45, 7) is 0. The largest absolute Gasteiger partial charge is 2.00 e. The zero-order valence-corrected chi connectivity index (χ0v) is 19.9. The molecular formula is C14H6Br4CaO4. The van der Waals surface area contributed by atoms with Gasteiger partial charge in [-0.3, -0.25) is 0 Å². The Morgan fingerprint density at radius 2 is 0.826 bits per heavy atom. The van der Waals surface area contributed by atoms with Gasteiger partial charge in [-0.25, -0.2) is 0 Å². The van der Waals surface area contributed by atoms with Crippen molar-refractivity contribution < 1.29 is 19.8 Å². The summed E-state index contributed by atoms with van der Waals surface area (Å²) in [6.07, 6.45) is 0. The molecule has 0 unspecified atom stereocenters. The van der Waals surface area contributed by atoms with Gasteiger partial charge in [0, 0.05) is 17.9 Å². The molecule has 2 aromatic carbocycles. The molecule has 0 saturated carbocycles. The maximum Gasteiger partial charge on any atom is 2.00 e. The fourth-order valence-corrected chi connectivity index (χ4v) is 3.93. The number of halogens is 4. The summed E-state index contributed by atoms with van der Waals surface area (Å²) in [5.41, 5.74) is 0.317. The van der Waals surface area contributed by atoms with Crippen LogP contribution in [0.5, 0.6) is 0 Å². The Kier molecular flexibility index (Phi) is 11.5. The van der Waals surface area contributed by atoms with Gasteiger partial charge in [-0.05, 0) is 47.5 Å². The third-order valence-corrected chi connectivity index (χ3v) is 4.03. The predicted molar refractivity (Wildman–Crippen MR) is 98.1 cm³/mol. The van der Waals surface area contributed by atoms with Gasteiger partial charge in [0.15, 0.2) is 0 Å². The van der Waals surface area contributed by atoms with Crippen LogP contribution in [0.15, 0.2) is 54.3 Å². The van der Waals surface area contributed by atoms with Crippen LogP contribution < -0.4 is 10.2 Å². The molecule has 0 fully saturated rings. The molecule has 0 heterocycles. The van der Waals surface area contributed by atoms with Crippen LogP contribution in [0.1, 0.15) is 20.7 Å². The second kappa shape index (κ2) is 11.2. The number of aromatic carboxylic acids is 2. The van der Waals surface area contributed by atoms with Gasteiger partial charge in [0.25, 0.3) is 0 Å². The molecule has 9 heteroatoms. The third-order valence-electron chi connectivity index (χ3n) is 2.20. The minimum atomic E-state index is -1.17. The number of carbonyl (C=O) groups is 2. The summed E-state index contributed by atoms with van der Waals surface area (Å²) in [6, 6.07) is 9.46. The molecule has 0 aliphatic rings. The van der Waals surface area contributed by atoms with Crippen molar-refractivity contribution in [1.29, 1.82) is 0 Å². The molecule has 0 bridgehead atoms. The van der Waals surface area contributed by atoms with E-state index in [0.29, 0.717) is 17.9 Å². The standard InChI is InChI=1S/2C7H4Br2O2.Ca/c2*8-5-1-4(7(10)11)2-6(9)3-5;/h2*1-3H,(H,10,11);/q;;+2/p-2. The quantitative estimate of drug-likeness (QED) is 0.499. The number of hydrogen-bond acceptors (Lipinski definition) is 4. The first-order valence-electron chi connectivity index (χ1n) is 5.54. The SMILES string of the molecule is O=C([O-])c1cc(Br)cc(Br)c1.O=C([O-])c1cc(Br)cc(Br)c1.[Ca+2]. The van der Waals surface area contributed by atoms with Crippen LogP contribution in [0.3, 0.4) is 0 Å². The van der Waals surface area contributed by atoms with E-state index in [4.69, 9.17) is 0 Å². The molecule has 0 amide bonds. The fraction of sp³-hybridized carbons (Fsp3) is 0. The first-order valence-corrected chi connectivity index (χ1v) is 8.71. The average molecular weight is 598 g/mol. The van der Waals surface area contributed by atoms with E-state index in [1.54, 1.807) is 12.1 Å². The summed E-state index contributed by atoms with van der Waals surface area (Å²) in [5.74, 6) is -2.35. The van der Waals surface area contributed by atoms with Crippen LogP contribution in [0, 0.1) is 0 Å². The number of carboxylic acid groups (broad SMARTS) is 2. The molecule has 0 aliphatic carbocycles. The Balaban J connectivity index is 0.000000403. The number of rotatable bonds is 2. The van der Waals surface area contributed by atoms with Crippen molar-refractivity contribution in [3.05, 3.63) is 65.4 Å². The summed E-state index contributed by atoms with van der Waals surface area (Å²) >= 11 is 12.6. The maximum absolute atomic E-state index is 10.4. The van der Waals surface area contributed by atoms with Crippen molar-refractivity contribution in [2.45, 2.75) is 0 Å². The third kappa shape index (κ3) is 9.00. The van der Waals surface area contributed by atoms with E-state index in [1.807, 2.05) is 0 Å². The number of hydrogen-bond donors (Lipinski definition) is 0. The molecular weight excluding hydrogens is 592 g/mol. The molecule has 0 N–H and O–H groups in total. The summed E-state index contributed by atoms with van der Waals surface area (Å²) < 4.78 is 2.86. The van der Waals surface area contributed by atoms with Crippen LogP contribution in [-0.4, -0.2) is 49.7 Å². The van der Waals surface area contributed by atoms with Crippen molar-refractivity contribution in [2.75, 3.05) is 0 Å². The second-order valence-corrected chi connectivity index (χ2v) is 7.55. The van der Waals surface area contributed by atoms with Crippen molar-refractivity contribution in [2.24, 2.45) is 0 Å². The molecule has 0 radical (unpaired) electrons. The number of carboxylic acids is 2. The average Bonchev–Trinajstić information content (AvgIpc) is 2.37. The topological polar surface area (TPSA) is 80.3 Å². The van der Waals surface area contributed by atoms with E-state index in [2.05, 4.69) is 63.7 Å². The molecule has 0 aliphatic heterocycles. The monoisotopic (exact) mass is 594 g/mol. The van der Waals surface area contributed by atoms with E-state index in [1.165, 1.54) is 24.3 Å². The minimum Gasteiger partial charge on any atom is -0.545 e. The molecule has 0 atom stereocenters. The molecule has 0 spiro atoms. The molecule has 116 valence electrons. The zero-order valence-electron chi connectivity index (χ0n) is 11.3. The Bertz CT molecular complexity index is 620. The van der Waals surface area contributed by atoms with E-state index >= 15 is 0 Å². The number of benzene rings is 2. The first-order chi connectivity index (χ1) is 10.2. The van der Waals surface area contributed by atoms with Crippen LogP contribution in [0.2, 0.25) is 0 Å². The molecule has 4 nitrogen and oxygen atoms in total. The van der Waals surface area contributed by atoms with Gasteiger partial charge in [0.1, 0.15) is 0 Å². The van der Waals surface area contributed by atoms with Gasteiger partial charge < -0.3 is 19.8 Å². The van der Waals surface area contributed by atoms with E-state index < -0.39 is 11.9 Å². The summed E-state index contributed by atoms with van der Waals surface area (Å²) in [5, 5.41) is 20.7. The van der Waals surface area contributed by atoms with Crippen molar-refractivity contribution >= 4 is 113 Å². The van der Waals surface area contributed by atoms with Gasteiger partial charge in [0.05, 0.1) is 11.9 Å². The summed E-state index contributed by atoms with van der Waals surface area (Å²) in [4.78, 5) is 20.7. The van der Waals surface area contributed by atoms with E-state index in [0.717, 1.165) is 0 Å². The molecule has 2 aromatic rings. The van der Waals surface area contributed by atoms with Crippen LogP contribution in [-0.2, 0) is 0 Å². The van der Waals surface area contributed by atoms with Gasteiger partial charge in [-0.15, -0.1) is 0 Å². The Morgan fingerprint density at radius 3 is 1.00 bits per heavy atom. The summed E-state index contributed by atoms with van der Waals surface area (Å²) in [7, 11) is 0. The maximum atomic E-state index is 10.4. The molecule has 2 rings (SSSR count). The van der Waals surface area contributed by atoms with Gasteiger partial charge in [-0.2, -0.15) is 0 Å². The van der Waals surface area contributed by atoms with Crippen molar-refractivity contribution in [1.82, 2.24) is 0 Å². The Morgan fingerprint density at radius 1 is 0.609 bits per heavy atom. The second-order valence-electron chi connectivity index (χ2n) is 3.89. The Hall–Kier alpha value is 0.560. The minimum absolute atomic E-state index is 0. The van der Waals surface area contributed by atoms with Crippen LogP contribution in [0.25, 0.3) is 0 Å². The normalized spacial score (nSPS) is 9.22.